The Hall–Kier alpha value is -2.49. The average molecular weight is 284 g/mol. The van der Waals surface area contributed by atoms with Crippen LogP contribution >= 0.6 is 0 Å². The van der Waals surface area contributed by atoms with Gasteiger partial charge in [0.05, 0.1) is 12.3 Å². The molecule has 108 valence electrons. The fourth-order valence-electron chi connectivity index (χ4n) is 2.39. The molecule has 1 aromatic heterocycles. The summed E-state index contributed by atoms with van der Waals surface area (Å²) in [7, 11) is 0. The van der Waals surface area contributed by atoms with Crippen molar-refractivity contribution in [3.05, 3.63) is 60.0 Å². The molecule has 3 aromatic rings. The first-order valence-electron chi connectivity index (χ1n) is 6.99. The minimum absolute atomic E-state index is 0.295. The highest BCUT2D eigenvalue weighted by Gasteiger charge is 2.07. The molecule has 4 heteroatoms. The molecule has 0 bridgehead atoms. The number of hydrogen-bond donors (Lipinski definition) is 2. The van der Waals surface area contributed by atoms with Crippen molar-refractivity contribution in [1.29, 1.82) is 0 Å². The Morgan fingerprint density at radius 3 is 2.90 bits per heavy atom. The molecule has 0 unspecified atom stereocenters. The van der Waals surface area contributed by atoms with Crippen LogP contribution in [0, 0.1) is 5.82 Å². The van der Waals surface area contributed by atoms with E-state index >= 15 is 0 Å². The monoisotopic (exact) mass is 284 g/mol. The molecule has 0 radical (unpaired) electrons. The smallest absolute Gasteiger partial charge is 0.145 e. The topological polar surface area (TPSA) is 37.0 Å². The number of halogens is 1. The first-order valence-corrected chi connectivity index (χ1v) is 6.99. The van der Waals surface area contributed by atoms with Gasteiger partial charge < -0.3 is 15.0 Å². The molecule has 0 atom stereocenters. The second kappa shape index (κ2) is 5.87. The normalized spacial score (nSPS) is 10.8. The zero-order valence-corrected chi connectivity index (χ0v) is 11.8. The van der Waals surface area contributed by atoms with Crippen LogP contribution in [0.5, 0.6) is 5.75 Å². The number of ether oxygens (including phenoxy) is 1. The van der Waals surface area contributed by atoms with Gasteiger partial charge in [0.25, 0.3) is 0 Å². The fraction of sp³-hybridized carbons (Fsp3) is 0.176. The number of benzene rings is 2. The molecule has 0 fully saturated rings. The molecular weight excluding hydrogens is 267 g/mol. The Morgan fingerprint density at radius 1 is 1.19 bits per heavy atom. The van der Waals surface area contributed by atoms with Crippen LogP contribution in [0.2, 0.25) is 0 Å². The van der Waals surface area contributed by atoms with E-state index in [0.717, 1.165) is 16.8 Å². The van der Waals surface area contributed by atoms with E-state index in [-0.39, 0.29) is 5.82 Å². The van der Waals surface area contributed by atoms with Gasteiger partial charge in [-0.25, -0.2) is 4.39 Å². The Bertz CT molecular complexity index is 751. The average Bonchev–Trinajstić information content (AvgIpc) is 2.90. The fourth-order valence-corrected chi connectivity index (χ4v) is 2.39. The first kappa shape index (κ1) is 13.5. The van der Waals surface area contributed by atoms with Crippen molar-refractivity contribution in [3.63, 3.8) is 0 Å². The Morgan fingerprint density at radius 2 is 2.05 bits per heavy atom. The SMILES string of the molecule is CCOc1cc(F)ccc1NCc1c[nH]c2ccccc12. The molecule has 21 heavy (non-hydrogen) atoms. The standard InChI is InChI=1S/C17H17FN2O/c1-2-21-17-9-13(18)7-8-16(17)20-11-12-10-19-15-6-4-3-5-14(12)15/h3-10,19-20H,2,11H2,1H3. The van der Waals surface area contributed by atoms with Crippen molar-refractivity contribution in [2.45, 2.75) is 13.5 Å². The Kier molecular flexibility index (Phi) is 3.77. The molecule has 0 aliphatic rings. The maximum absolute atomic E-state index is 13.3. The van der Waals surface area contributed by atoms with Gasteiger partial charge >= 0.3 is 0 Å². The van der Waals surface area contributed by atoms with Gasteiger partial charge in [-0.2, -0.15) is 0 Å². The van der Waals surface area contributed by atoms with Crippen LogP contribution in [0.15, 0.2) is 48.7 Å². The molecule has 1 heterocycles. The predicted molar refractivity (Wildman–Crippen MR) is 83.2 cm³/mol. The zero-order valence-electron chi connectivity index (χ0n) is 11.8. The third-order valence-electron chi connectivity index (χ3n) is 3.39. The lowest BCUT2D eigenvalue weighted by Gasteiger charge is -2.12. The Balaban J connectivity index is 1.81. The quantitative estimate of drug-likeness (QED) is 0.732. The maximum atomic E-state index is 13.3. The van der Waals surface area contributed by atoms with E-state index in [9.17, 15) is 4.39 Å². The van der Waals surface area contributed by atoms with Gasteiger partial charge in [-0.15, -0.1) is 0 Å². The third kappa shape index (κ3) is 2.84. The minimum Gasteiger partial charge on any atom is -0.492 e. The zero-order chi connectivity index (χ0) is 14.7. The Labute approximate surface area is 122 Å². The van der Waals surface area contributed by atoms with Crippen LogP contribution in [-0.2, 0) is 6.54 Å². The summed E-state index contributed by atoms with van der Waals surface area (Å²) in [5.74, 6) is 0.244. The number of aromatic amines is 1. The van der Waals surface area contributed by atoms with Crippen molar-refractivity contribution in [1.82, 2.24) is 4.98 Å². The van der Waals surface area contributed by atoms with Gasteiger partial charge in [0.1, 0.15) is 11.6 Å². The number of rotatable bonds is 5. The highest BCUT2D eigenvalue weighted by Crippen LogP contribution is 2.27. The largest absolute Gasteiger partial charge is 0.492 e. The van der Waals surface area contributed by atoms with Gasteiger partial charge in [-0.1, -0.05) is 18.2 Å². The minimum atomic E-state index is -0.295. The summed E-state index contributed by atoms with van der Waals surface area (Å²) in [5, 5.41) is 4.49. The molecule has 0 amide bonds. The summed E-state index contributed by atoms with van der Waals surface area (Å²) in [6.45, 7) is 3.04. The van der Waals surface area contributed by atoms with Gasteiger partial charge in [-0.3, -0.25) is 0 Å². The van der Waals surface area contributed by atoms with E-state index in [1.807, 2.05) is 31.3 Å². The summed E-state index contributed by atoms with van der Waals surface area (Å²) in [5.41, 5.74) is 3.07. The van der Waals surface area contributed by atoms with E-state index in [1.54, 1.807) is 6.07 Å². The van der Waals surface area contributed by atoms with Crippen molar-refractivity contribution < 1.29 is 9.13 Å². The van der Waals surface area contributed by atoms with E-state index in [0.29, 0.717) is 18.9 Å². The van der Waals surface area contributed by atoms with Crippen LogP contribution in [-0.4, -0.2) is 11.6 Å². The highest BCUT2D eigenvalue weighted by atomic mass is 19.1. The van der Waals surface area contributed by atoms with Gasteiger partial charge in [0.2, 0.25) is 0 Å². The predicted octanol–water partition coefficient (Wildman–Crippen LogP) is 4.32. The number of para-hydroxylation sites is 1. The molecule has 0 saturated heterocycles. The van der Waals surface area contributed by atoms with Crippen LogP contribution in [0.3, 0.4) is 0 Å². The van der Waals surface area contributed by atoms with Crippen LogP contribution in [0.4, 0.5) is 10.1 Å². The van der Waals surface area contributed by atoms with Gasteiger partial charge in [-0.05, 0) is 30.7 Å². The van der Waals surface area contributed by atoms with Gasteiger partial charge in [0.15, 0.2) is 0 Å². The first-order chi connectivity index (χ1) is 10.3. The van der Waals surface area contributed by atoms with E-state index in [2.05, 4.69) is 16.4 Å². The molecule has 0 saturated carbocycles. The lowest BCUT2D eigenvalue weighted by molar-refractivity contribution is 0.340. The van der Waals surface area contributed by atoms with E-state index < -0.39 is 0 Å². The summed E-state index contributed by atoms with van der Waals surface area (Å²) >= 11 is 0. The number of nitrogens with one attached hydrogen (secondary N) is 2. The lowest BCUT2D eigenvalue weighted by atomic mass is 10.1. The number of fused-ring (bicyclic) bond motifs is 1. The van der Waals surface area contributed by atoms with E-state index in [4.69, 9.17) is 4.74 Å². The van der Waals surface area contributed by atoms with Crippen molar-refractivity contribution in [2.24, 2.45) is 0 Å². The van der Waals surface area contributed by atoms with Crippen LogP contribution < -0.4 is 10.1 Å². The van der Waals surface area contributed by atoms with Crippen LogP contribution in [0.1, 0.15) is 12.5 Å². The number of aromatic nitrogens is 1. The van der Waals surface area contributed by atoms with Crippen molar-refractivity contribution >= 4 is 16.6 Å². The van der Waals surface area contributed by atoms with Crippen molar-refractivity contribution in [2.75, 3.05) is 11.9 Å². The molecule has 2 N–H and O–H groups in total. The summed E-state index contributed by atoms with van der Waals surface area (Å²) in [6, 6.07) is 12.7. The molecular formula is C17H17FN2O. The molecule has 0 spiro atoms. The van der Waals surface area contributed by atoms with E-state index in [1.165, 1.54) is 17.5 Å². The molecule has 3 nitrogen and oxygen atoms in total. The summed E-state index contributed by atoms with van der Waals surface area (Å²) in [4.78, 5) is 3.24. The second-order valence-electron chi connectivity index (χ2n) is 4.79. The second-order valence-corrected chi connectivity index (χ2v) is 4.79. The molecule has 2 aromatic carbocycles. The summed E-state index contributed by atoms with van der Waals surface area (Å²) < 4.78 is 18.7. The number of H-pyrrole nitrogens is 1. The van der Waals surface area contributed by atoms with Crippen LogP contribution in [0.25, 0.3) is 10.9 Å². The molecule has 3 rings (SSSR count). The highest BCUT2D eigenvalue weighted by molar-refractivity contribution is 5.83. The van der Waals surface area contributed by atoms with Gasteiger partial charge in [0, 0.05) is 29.7 Å². The third-order valence-corrected chi connectivity index (χ3v) is 3.39. The molecule has 0 aliphatic heterocycles. The number of anilines is 1. The maximum Gasteiger partial charge on any atom is 0.145 e. The summed E-state index contributed by atoms with van der Waals surface area (Å²) in [6.07, 6.45) is 1.99. The molecule has 0 aliphatic carbocycles. The van der Waals surface area contributed by atoms with Crippen molar-refractivity contribution in [3.8, 4) is 5.75 Å². The number of hydrogen-bond acceptors (Lipinski definition) is 2. The lowest BCUT2D eigenvalue weighted by Crippen LogP contribution is -2.02.